The molecule has 0 aliphatic rings. The molecule has 2 heteroatoms. The van der Waals surface area contributed by atoms with E-state index in [1.807, 2.05) is 12.1 Å². The SMILES string of the molecule is COc1ccc(-c2ccc3c4ccc(C)cc4n(-c4ccccc4)c3c2)cc1. The number of aromatic nitrogens is 1. The maximum absolute atomic E-state index is 5.30. The van der Waals surface area contributed by atoms with Gasteiger partial charge in [0.2, 0.25) is 0 Å². The molecule has 0 aliphatic carbocycles. The Kier molecular flexibility index (Phi) is 3.91. The first-order valence-corrected chi connectivity index (χ1v) is 9.49. The molecule has 5 aromatic rings. The molecule has 1 aromatic heterocycles. The van der Waals surface area contributed by atoms with Crippen LogP contribution < -0.4 is 4.74 Å². The maximum Gasteiger partial charge on any atom is 0.118 e. The van der Waals surface area contributed by atoms with E-state index in [0.29, 0.717) is 0 Å². The summed E-state index contributed by atoms with van der Waals surface area (Å²) in [6, 6.07) is 32.3. The molecule has 0 amide bonds. The third-order valence-electron chi connectivity index (χ3n) is 5.36. The highest BCUT2D eigenvalue weighted by molar-refractivity contribution is 6.10. The van der Waals surface area contributed by atoms with Gasteiger partial charge in [0.25, 0.3) is 0 Å². The molecule has 136 valence electrons. The smallest absolute Gasteiger partial charge is 0.118 e. The molecular formula is C26H21NO. The van der Waals surface area contributed by atoms with Crippen LogP contribution >= 0.6 is 0 Å². The van der Waals surface area contributed by atoms with Crippen LogP contribution in [0.1, 0.15) is 5.56 Å². The number of aryl methyl sites for hydroxylation is 1. The van der Waals surface area contributed by atoms with E-state index in [1.165, 1.54) is 44.2 Å². The average molecular weight is 363 g/mol. The van der Waals surface area contributed by atoms with Crippen LogP contribution in [-0.2, 0) is 0 Å². The summed E-state index contributed by atoms with van der Waals surface area (Å²) in [5.41, 5.74) is 7.30. The number of nitrogens with zero attached hydrogens (tertiary/aromatic N) is 1. The average Bonchev–Trinajstić information content (AvgIpc) is 3.07. The van der Waals surface area contributed by atoms with Crippen LogP contribution in [0.2, 0.25) is 0 Å². The van der Waals surface area contributed by atoms with Crippen molar-refractivity contribution in [3.63, 3.8) is 0 Å². The first-order chi connectivity index (χ1) is 13.7. The molecule has 0 saturated carbocycles. The van der Waals surface area contributed by atoms with Crippen molar-refractivity contribution in [2.24, 2.45) is 0 Å². The van der Waals surface area contributed by atoms with Crippen molar-refractivity contribution in [2.75, 3.05) is 7.11 Å². The molecule has 0 bridgehead atoms. The van der Waals surface area contributed by atoms with E-state index in [4.69, 9.17) is 4.74 Å². The van der Waals surface area contributed by atoms with Gasteiger partial charge in [-0.2, -0.15) is 0 Å². The van der Waals surface area contributed by atoms with Gasteiger partial charge in [-0.05, 0) is 60.0 Å². The number of hydrogen-bond donors (Lipinski definition) is 0. The normalized spacial score (nSPS) is 11.2. The summed E-state index contributed by atoms with van der Waals surface area (Å²) in [6.07, 6.45) is 0. The minimum atomic E-state index is 0.874. The topological polar surface area (TPSA) is 14.2 Å². The fourth-order valence-electron chi connectivity index (χ4n) is 3.95. The Morgan fingerprint density at radius 1 is 0.643 bits per heavy atom. The second kappa shape index (κ2) is 6.58. The van der Waals surface area contributed by atoms with Gasteiger partial charge >= 0.3 is 0 Å². The number of para-hydroxylation sites is 1. The van der Waals surface area contributed by atoms with Gasteiger partial charge < -0.3 is 9.30 Å². The van der Waals surface area contributed by atoms with Crippen LogP contribution in [-0.4, -0.2) is 11.7 Å². The molecule has 28 heavy (non-hydrogen) atoms. The number of ether oxygens (including phenoxy) is 1. The van der Waals surface area contributed by atoms with E-state index in [2.05, 4.69) is 90.4 Å². The lowest BCUT2D eigenvalue weighted by molar-refractivity contribution is 0.415. The van der Waals surface area contributed by atoms with E-state index in [0.717, 1.165) is 5.75 Å². The monoisotopic (exact) mass is 363 g/mol. The standard InChI is InChI=1S/C26H21NO/c1-18-8-14-23-24-15-11-20(19-9-12-22(28-2)13-10-19)17-26(24)27(25(23)16-18)21-6-4-3-5-7-21/h3-17H,1-2H3. The number of fused-ring (bicyclic) bond motifs is 3. The number of benzene rings is 4. The number of rotatable bonds is 3. The minimum Gasteiger partial charge on any atom is -0.497 e. The maximum atomic E-state index is 5.30. The van der Waals surface area contributed by atoms with Crippen LogP contribution in [0.15, 0.2) is 91.0 Å². The largest absolute Gasteiger partial charge is 0.497 e. The van der Waals surface area contributed by atoms with Crippen LogP contribution in [0.4, 0.5) is 0 Å². The number of hydrogen-bond acceptors (Lipinski definition) is 1. The zero-order chi connectivity index (χ0) is 19.1. The summed E-state index contributed by atoms with van der Waals surface area (Å²) in [4.78, 5) is 0. The van der Waals surface area contributed by atoms with Gasteiger partial charge in [0.15, 0.2) is 0 Å². The van der Waals surface area contributed by atoms with Gasteiger partial charge in [0.1, 0.15) is 5.75 Å². The zero-order valence-electron chi connectivity index (χ0n) is 16.0. The highest BCUT2D eigenvalue weighted by Crippen LogP contribution is 2.35. The lowest BCUT2D eigenvalue weighted by Crippen LogP contribution is -1.93. The van der Waals surface area contributed by atoms with Crippen LogP contribution in [0.25, 0.3) is 38.6 Å². The van der Waals surface area contributed by atoms with Gasteiger partial charge in [-0.15, -0.1) is 0 Å². The van der Waals surface area contributed by atoms with Gasteiger partial charge in [-0.3, -0.25) is 0 Å². The third kappa shape index (κ3) is 2.66. The molecule has 4 aromatic carbocycles. The highest BCUT2D eigenvalue weighted by Gasteiger charge is 2.13. The molecule has 5 rings (SSSR count). The fourth-order valence-corrected chi connectivity index (χ4v) is 3.95. The summed E-state index contributed by atoms with van der Waals surface area (Å²) in [5, 5.41) is 2.56. The third-order valence-corrected chi connectivity index (χ3v) is 5.36. The molecule has 0 N–H and O–H groups in total. The summed E-state index contributed by atoms with van der Waals surface area (Å²) in [6.45, 7) is 2.15. The Hall–Kier alpha value is -3.52. The summed E-state index contributed by atoms with van der Waals surface area (Å²) in [7, 11) is 1.70. The first-order valence-electron chi connectivity index (χ1n) is 9.49. The number of methoxy groups -OCH3 is 1. The van der Waals surface area contributed by atoms with E-state index in [-0.39, 0.29) is 0 Å². The fraction of sp³-hybridized carbons (Fsp3) is 0.0769. The quantitative estimate of drug-likeness (QED) is 0.345. The van der Waals surface area contributed by atoms with Crippen molar-refractivity contribution in [1.82, 2.24) is 4.57 Å². The van der Waals surface area contributed by atoms with E-state index in [1.54, 1.807) is 7.11 Å². The molecule has 0 radical (unpaired) electrons. The molecule has 0 saturated heterocycles. The predicted octanol–water partition coefficient (Wildman–Crippen LogP) is 6.77. The lowest BCUT2D eigenvalue weighted by atomic mass is 10.0. The van der Waals surface area contributed by atoms with Crippen molar-refractivity contribution in [1.29, 1.82) is 0 Å². The summed E-state index contributed by atoms with van der Waals surface area (Å²) in [5.74, 6) is 0.874. The molecule has 0 aliphatic heterocycles. The minimum absolute atomic E-state index is 0.874. The zero-order valence-corrected chi connectivity index (χ0v) is 16.0. The van der Waals surface area contributed by atoms with Crippen molar-refractivity contribution < 1.29 is 4.74 Å². The van der Waals surface area contributed by atoms with E-state index in [9.17, 15) is 0 Å². The van der Waals surface area contributed by atoms with E-state index < -0.39 is 0 Å². The Morgan fingerprint density at radius 3 is 2.00 bits per heavy atom. The van der Waals surface area contributed by atoms with Crippen LogP contribution in [0.3, 0.4) is 0 Å². The van der Waals surface area contributed by atoms with Crippen molar-refractivity contribution in [3.8, 4) is 22.6 Å². The van der Waals surface area contributed by atoms with Gasteiger partial charge in [-0.25, -0.2) is 0 Å². The van der Waals surface area contributed by atoms with E-state index >= 15 is 0 Å². The molecule has 0 atom stereocenters. The summed E-state index contributed by atoms with van der Waals surface area (Å²) < 4.78 is 7.66. The molecule has 2 nitrogen and oxygen atoms in total. The Balaban J connectivity index is 1.81. The lowest BCUT2D eigenvalue weighted by Gasteiger charge is -2.09. The molecule has 1 heterocycles. The van der Waals surface area contributed by atoms with Gasteiger partial charge in [0.05, 0.1) is 18.1 Å². The second-order valence-electron chi connectivity index (χ2n) is 7.15. The van der Waals surface area contributed by atoms with Crippen molar-refractivity contribution >= 4 is 21.8 Å². The van der Waals surface area contributed by atoms with Crippen LogP contribution in [0.5, 0.6) is 5.75 Å². The summed E-state index contributed by atoms with van der Waals surface area (Å²) >= 11 is 0. The van der Waals surface area contributed by atoms with Gasteiger partial charge in [-0.1, -0.05) is 54.6 Å². The molecule has 0 fully saturated rings. The van der Waals surface area contributed by atoms with Crippen LogP contribution in [0, 0.1) is 6.92 Å². The Bertz CT molecular complexity index is 1280. The Morgan fingerprint density at radius 2 is 1.29 bits per heavy atom. The molecular weight excluding hydrogens is 342 g/mol. The first kappa shape index (κ1) is 16.6. The predicted molar refractivity (Wildman–Crippen MR) is 118 cm³/mol. The van der Waals surface area contributed by atoms with Gasteiger partial charge in [0, 0.05) is 16.5 Å². The Labute approximate surface area is 164 Å². The van der Waals surface area contributed by atoms with Crippen molar-refractivity contribution in [2.45, 2.75) is 6.92 Å². The second-order valence-corrected chi connectivity index (χ2v) is 7.15. The molecule has 0 spiro atoms. The highest BCUT2D eigenvalue weighted by atomic mass is 16.5. The van der Waals surface area contributed by atoms with Crippen molar-refractivity contribution in [3.05, 3.63) is 96.6 Å². The molecule has 0 unspecified atom stereocenters.